The first-order chi connectivity index (χ1) is 9.15. The Bertz CT molecular complexity index is 594. The Morgan fingerprint density at radius 3 is 2.68 bits per heavy atom. The van der Waals surface area contributed by atoms with Gasteiger partial charge in [-0.05, 0) is 49.9 Å². The van der Waals surface area contributed by atoms with Crippen LogP contribution in [0.1, 0.15) is 48.6 Å². The van der Waals surface area contributed by atoms with Crippen LogP contribution in [0.5, 0.6) is 0 Å². The molecule has 0 unspecified atom stereocenters. The first-order valence-electron chi connectivity index (χ1n) is 6.94. The van der Waals surface area contributed by atoms with Gasteiger partial charge in [0.1, 0.15) is 5.82 Å². The number of nitrogens with zero attached hydrogens (tertiary/aromatic N) is 2. The third-order valence-corrected chi connectivity index (χ3v) is 4.18. The maximum atomic E-state index is 5.93. The van der Waals surface area contributed by atoms with Gasteiger partial charge in [-0.3, -0.25) is 5.10 Å². The van der Waals surface area contributed by atoms with Crippen LogP contribution in [0.25, 0.3) is 11.4 Å². The Kier molecular flexibility index (Phi) is 3.01. The number of rotatable bonds is 2. The molecule has 4 nitrogen and oxygen atoms in total. The van der Waals surface area contributed by atoms with Gasteiger partial charge in [0.05, 0.1) is 0 Å². The minimum absolute atomic E-state index is 0.559. The van der Waals surface area contributed by atoms with Gasteiger partial charge in [-0.15, -0.1) is 0 Å². The zero-order valence-electron chi connectivity index (χ0n) is 11.5. The van der Waals surface area contributed by atoms with E-state index in [0.717, 1.165) is 22.9 Å². The average Bonchev–Trinajstić information content (AvgIpc) is 3.03. The number of benzene rings is 1. The standard InChI is InChI=1S/C15H20N4/c1-9-7-12(16)8-13(10(9)2)15-17-14(18-19-15)11-5-3-4-6-11/h7-8,11H,3-6,16H2,1-2H3,(H,17,18,19). The lowest BCUT2D eigenvalue weighted by Crippen LogP contribution is -1.96. The molecular formula is C15H20N4. The second-order valence-electron chi connectivity index (χ2n) is 5.54. The largest absolute Gasteiger partial charge is 0.399 e. The summed E-state index contributed by atoms with van der Waals surface area (Å²) in [6, 6.07) is 3.95. The van der Waals surface area contributed by atoms with E-state index in [2.05, 4.69) is 29.0 Å². The number of aromatic nitrogens is 3. The molecule has 100 valence electrons. The molecule has 1 aromatic heterocycles. The minimum atomic E-state index is 0.559. The lowest BCUT2D eigenvalue weighted by Gasteiger charge is -2.07. The molecule has 1 aliphatic carbocycles. The SMILES string of the molecule is Cc1cc(N)cc(-c2n[nH]c(C3CCCC3)n2)c1C. The van der Waals surface area contributed by atoms with Crippen molar-refractivity contribution < 1.29 is 0 Å². The summed E-state index contributed by atoms with van der Waals surface area (Å²) < 4.78 is 0. The van der Waals surface area contributed by atoms with Crippen molar-refractivity contribution in [1.29, 1.82) is 0 Å². The van der Waals surface area contributed by atoms with Crippen LogP contribution in [0.2, 0.25) is 0 Å². The molecule has 0 aliphatic heterocycles. The minimum Gasteiger partial charge on any atom is -0.399 e. The highest BCUT2D eigenvalue weighted by molar-refractivity contribution is 5.67. The molecule has 4 heteroatoms. The number of anilines is 1. The topological polar surface area (TPSA) is 67.6 Å². The van der Waals surface area contributed by atoms with E-state index in [1.54, 1.807) is 0 Å². The molecule has 0 bridgehead atoms. The van der Waals surface area contributed by atoms with E-state index in [4.69, 9.17) is 5.73 Å². The lowest BCUT2D eigenvalue weighted by atomic mass is 10.0. The van der Waals surface area contributed by atoms with Crippen LogP contribution in [0, 0.1) is 13.8 Å². The van der Waals surface area contributed by atoms with Crippen molar-refractivity contribution in [3.05, 3.63) is 29.1 Å². The van der Waals surface area contributed by atoms with Crippen molar-refractivity contribution in [2.75, 3.05) is 5.73 Å². The van der Waals surface area contributed by atoms with Gasteiger partial charge in [0, 0.05) is 17.2 Å². The maximum Gasteiger partial charge on any atom is 0.181 e. The normalized spacial score (nSPS) is 16.1. The van der Waals surface area contributed by atoms with Crippen molar-refractivity contribution in [2.45, 2.75) is 45.4 Å². The molecule has 0 amide bonds. The maximum absolute atomic E-state index is 5.93. The molecule has 1 saturated carbocycles. The molecule has 2 aromatic rings. The highest BCUT2D eigenvalue weighted by Crippen LogP contribution is 2.33. The quantitative estimate of drug-likeness (QED) is 0.810. The second kappa shape index (κ2) is 4.68. The van der Waals surface area contributed by atoms with Crippen molar-refractivity contribution in [3.63, 3.8) is 0 Å². The molecule has 3 rings (SSSR count). The number of nitrogens with one attached hydrogen (secondary N) is 1. The van der Waals surface area contributed by atoms with Gasteiger partial charge in [0.2, 0.25) is 0 Å². The Balaban J connectivity index is 1.98. The third kappa shape index (κ3) is 2.23. The molecule has 1 aliphatic rings. The monoisotopic (exact) mass is 256 g/mol. The number of hydrogen-bond donors (Lipinski definition) is 2. The van der Waals surface area contributed by atoms with E-state index < -0.39 is 0 Å². The van der Waals surface area contributed by atoms with Crippen LogP contribution < -0.4 is 5.73 Å². The van der Waals surface area contributed by atoms with Gasteiger partial charge in [-0.2, -0.15) is 5.10 Å². The fourth-order valence-electron chi connectivity index (χ4n) is 2.90. The first kappa shape index (κ1) is 12.2. The number of nitrogens with two attached hydrogens (primary N) is 1. The van der Waals surface area contributed by atoms with Crippen molar-refractivity contribution in [1.82, 2.24) is 15.2 Å². The summed E-state index contributed by atoms with van der Waals surface area (Å²) in [5, 5.41) is 7.49. The van der Waals surface area contributed by atoms with Gasteiger partial charge < -0.3 is 5.73 Å². The van der Waals surface area contributed by atoms with Gasteiger partial charge in [-0.25, -0.2) is 4.98 Å². The summed E-state index contributed by atoms with van der Waals surface area (Å²) in [6.07, 6.45) is 5.06. The summed E-state index contributed by atoms with van der Waals surface area (Å²) >= 11 is 0. The van der Waals surface area contributed by atoms with Gasteiger partial charge >= 0.3 is 0 Å². The van der Waals surface area contributed by atoms with Crippen LogP contribution in [-0.2, 0) is 0 Å². The van der Waals surface area contributed by atoms with Crippen LogP contribution >= 0.6 is 0 Å². The van der Waals surface area contributed by atoms with Gasteiger partial charge in [-0.1, -0.05) is 12.8 Å². The smallest absolute Gasteiger partial charge is 0.181 e. The Hall–Kier alpha value is -1.84. The van der Waals surface area contributed by atoms with E-state index in [-0.39, 0.29) is 0 Å². The van der Waals surface area contributed by atoms with E-state index in [1.165, 1.54) is 36.8 Å². The highest BCUT2D eigenvalue weighted by atomic mass is 15.2. The van der Waals surface area contributed by atoms with Crippen molar-refractivity contribution >= 4 is 5.69 Å². The number of nitrogen functional groups attached to an aromatic ring is 1. The van der Waals surface area contributed by atoms with Crippen LogP contribution in [-0.4, -0.2) is 15.2 Å². The Morgan fingerprint density at radius 2 is 1.95 bits per heavy atom. The Morgan fingerprint density at radius 1 is 1.21 bits per heavy atom. The number of hydrogen-bond acceptors (Lipinski definition) is 3. The molecule has 1 fully saturated rings. The molecule has 19 heavy (non-hydrogen) atoms. The number of aryl methyl sites for hydroxylation is 1. The zero-order valence-corrected chi connectivity index (χ0v) is 11.5. The predicted molar refractivity (Wildman–Crippen MR) is 76.9 cm³/mol. The number of H-pyrrole nitrogens is 1. The highest BCUT2D eigenvalue weighted by Gasteiger charge is 2.21. The molecule has 1 heterocycles. The fraction of sp³-hybridized carbons (Fsp3) is 0.467. The molecule has 0 spiro atoms. The molecule has 0 radical (unpaired) electrons. The van der Waals surface area contributed by atoms with Crippen LogP contribution in [0.4, 0.5) is 5.69 Å². The average molecular weight is 256 g/mol. The van der Waals surface area contributed by atoms with E-state index >= 15 is 0 Å². The first-order valence-corrected chi connectivity index (χ1v) is 6.94. The van der Waals surface area contributed by atoms with E-state index in [0.29, 0.717) is 5.92 Å². The van der Waals surface area contributed by atoms with Crippen molar-refractivity contribution in [3.8, 4) is 11.4 Å². The van der Waals surface area contributed by atoms with E-state index in [9.17, 15) is 0 Å². The van der Waals surface area contributed by atoms with E-state index in [1.807, 2.05) is 12.1 Å². The number of aromatic amines is 1. The molecule has 3 N–H and O–H groups in total. The molecule has 0 saturated heterocycles. The van der Waals surface area contributed by atoms with Gasteiger partial charge in [0.25, 0.3) is 0 Å². The van der Waals surface area contributed by atoms with Crippen LogP contribution in [0.15, 0.2) is 12.1 Å². The summed E-state index contributed by atoms with van der Waals surface area (Å²) in [6.45, 7) is 4.16. The summed E-state index contributed by atoms with van der Waals surface area (Å²) in [5.74, 6) is 2.37. The second-order valence-corrected chi connectivity index (χ2v) is 5.54. The molecule has 0 atom stereocenters. The van der Waals surface area contributed by atoms with Crippen molar-refractivity contribution in [2.24, 2.45) is 0 Å². The molecule has 1 aromatic carbocycles. The third-order valence-electron chi connectivity index (χ3n) is 4.18. The lowest BCUT2D eigenvalue weighted by molar-refractivity contribution is 0.672. The molecular weight excluding hydrogens is 236 g/mol. The van der Waals surface area contributed by atoms with Gasteiger partial charge in [0.15, 0.2) is 5.82 Å². The fourth-order valence-corrected chi connectivity index (χ4v) is 2.90. The summed E-state index contributed by atoms with van der Waals surface area (Å²) in [4.78, 5) is 4.68. The Labute approximate surface area is 113 Å². The predicted octanol–water partition coefficient (Wildman–Crippen LogP) is 3.33. The summed E-state index contributed by atoms with van der Waals surface area (Å²) in [5.41, 5.74) is 10.1. The summed E-state index contributed by atoms with van der Waals surface area (Å²) in [7, 11) is 0. The zero-order chi connectivity index (χ0) is 13.4. The van der Waals surface area contributed by atoms with Crippen LogP contribution in [0.3, 0.4) is 0 Å².